The molecule has 17 heteroatoms. The summed E-state index contributed by atoms with van der Waals surface area (Å²) in [7, 11) is 1.18. The predicted molar refractivity (Wildman–Crippen MR) is 357 cm³/mol. The van der Waals surface area contributed by atoms with Crippen molar-refractivity contribution in [1.82, 2.24) is 14.1 Å². The molecule has 8 aromatic rings. The van der Waals surface area contributed by atoms with Gasteiger partial charge in [-0.15, -0.1) is 0 Å². The van der Waals surface area contributed by atoms with E-state index in [1.54, 1.807) is 51.7 Å². The second-order valence-corrected chi connectivity index (χ2v) is 23.5. The molecule has 0 fully saturated rings. The maximum absolute atomic E-state index is 13.2. The van der Waals surface area contributed by atoms with E-state index in [1.165, 1.54) is 9.87 Å². The topological polar surface area (TPSA) is 211 Å². The number of nitrogens with zero attached hydrogens (tertiary/aromatic N) is 3. The van der Waals surface area contributed by atoms with Gasteiger partial charge < -0.3 is 55.4 Å². The molecule has 0 aliphatic heterocycles. The number of benzene rings is 8. The van der Waals surface area contributed by atoms with Crippen LogP contribution in [0.4, 0.5) is 0 Å². The molecule has 0 aromatic heterocycles. The molecular weight excluding hydrogens is 1150 g/mol. The largest absolute Gasteiger partial charge is 0.493 e. The second kappa shape index (κ2) is 38.6. The van der Waals surface area contributed by atoms with E-state index in [4.69, 9.17) is 45.6 Å². The average Bonchev–Trinajstić information content (AvgIpc) is 1.70. The summed E-state index contributed by atoms with van der Waals surface area (Å²) in [6, 6.07) is 65.6. The van der Waals surface area contributed by atoms with E-state index in [-0.39, 0.29) is 29.2 Å². The van der Waals surface area contributed by atoms with E-state index >= 15 is 0 Å². The van der Waals surface area contributed by atoms with Gasteiger partial charge in [0.05, 0.1) is 26.2 Å². The number of carbonyl (C=O) groups excluding carboxylic acids is 2. The number of hydrogen-bond donors (Lipinski definition) is 3. The van der Waals surface area contributed by atoms with E-state index in [9.17, 15) is 18.0 Å². The van der Waals surface area contributed by atoms with Crippen LogP contribution in [0.3, 0.4) is 0 Å². The zero-order valence-electron chi connectivity index (χ0n) is 52.8. The van der Waals surface area contributed by atoms with Gasteiger partial charge >= 0.3 is 0 Å². The second-order valence-electron chi connectivity index (χ2n) is 21.6. The summed E-state index contributed by atoms with van der Waals surface area (Å²) in [5.41, 5.74) is 24.3. The number of aryl methyl sites for hydroxylation is 1. The molecule has 0 spiro atoms. The maximum atomic E-state index is 13.2. The van der Waals surface area contributed by atoms with Crippen LogP contribution in [0.1, 0.15) is 78.5 Å². The Morgan fingerprint density at radius 3 is 1.18 bits per heavy atom. The molecule has 0 bridgehead atoms. The molecule has 8 rings (SSSR count). The molecule has 16 nitrogen and oxygen atoms in total. The van der Waals surface area contributed by atoms with Crippen molar-refractivity contribution < 1.29 is 46.4 Å². The summed E-state index contributed by atoms with van der Waals surface area (Å²) < 4.78 is 62.0. The van der Waals surface area contributed by atoms with Crippen molar-refractivity contribution in [2.24, 2.45) is 23.1 Å². The first-order valence-corrected chi connectivity index (χ1v) is 32.0. The van der Waals surface area contributed by atoms with E-state index in [0.717, 1.165) is 52.6 Å². The first-order valence-electron chi connectivity index (χ1n) is 30.6. The Kier molecular flexibility index (Phi) is 30.2. The highest BCUT2D eigenvalue weighted by molar-refractivity contribution is 7.89. The third-order valence-corrected chi connectivity index (χ3v) is 16.2. The lowest BCUT2D eigenvalue weighted by Gasteiger charge is -2.25. The monoisotopic (exact) mass is 1240 g/mol. The molecule has 8 aromatic carbocycles. The molecule has 0 aliphatic rings. The van der Waals surface area contributed by atoms with E-state index < -0.39 is 10.0 Å². The van der Waals surface area contributed by atoms with Crippen molar-refractivity contribution in [1.29, 1.82) is 0 Å². The molecule has 90 heavy (non-hydrogen) atoms. The average molecular weight is 1240 g/mol. The Morgan fingerprint density at radius 2 is 0.789 bits per heavy atom. The number of nitrogens with two attached hydrogens (primary N) is 3. The Labute approximate surface area is 533 Å². The van der Waals surface area contributed by atoms with Gasteiger partial charge in [0.15, 0.2) is 34.5 Å². The molecule has 0 aliphatic carbocycles. The van der Waals surface area contributed by atoms with Crippen LogP contribution in [0.5, 0.6) is 34.5 Å². The zero-order chi connectivity index (χ0) is 64.4. The molecular formula is C73H90N6O10S. The molecule has 2 amide bonds. The lowest BCUT2D eigenvalue weighted by Crippen LogP contribution is -2.35. The minimum atomic E-state index is -3.64. The third-order valence-electron chi connectivity index (χ3n) is 14.4. The van der Waals surface area contributed by atoms with Crippen LogP contribution in [0.2, 0.25) is 0 Å². The summed E-state index contributed by atoms with van der Waals surface area (Å²) >= 11 is 0. The summed E-state index contributed by atoms with van der Waals surface area (Å²) in [6.45, 7) is 9.37. The van der Waals surface area contributed by atoms with Gasteiger partial charge in [0.1, 0.15) is 19.8 Å². The molecule has 0 heterocycles. The van der Waals surface area contributed by atoms with Crippen LogP contribution in [-0.2, 0) is 65.5 Å². The van der Waals surface area contributed by atoms with Gasteiger partial charge in [0, 0.05) is 58.2 Å². The minimum absolute atomic E-state index is 0.0434. The Bertz CT molecular complexity index is 3460. The summed E-state index contributed by atoms with van der Waals surface area (Å²) in [5, 5.41) is 0. The number of amides is 2. The van der Waals surface area contributed by atoms with Crippen molar-refractivity contribution in [3.8, 4) is 34.5 Å². The number of ether oxygens (including phenoxy) is 6. The van der Waals surface area contributed by atoms with Gasteiger partial charge in [-0.1, -0.05) is 172 Å². The van der Waals surface area contributed by atoms with Crippen LogP contribution in [-0.4, -0.2) is 94.9 Å². The molecule has 0 atom stereocenters. The van der Waals surface area contributed by atoms with Gasteiger partial charge in [0.2, 0.25) is 21.8 Å². The highest BCUT2D eigenvalue weighted by Crippen LogP contribution is 2.33. The number of methoxy groups -OCH3 is 3. The lowest BCUT2D eigenvalue weighted by atomic mass is 10.1. The third kappa shape index (κ3) is 23.3. The molecule has 478 valence electrons. The summed E-state index contributed by atoms with van der Waals surface area (Å²) in [5.74, 6) is 4.06. The molecule has 0 unspecified atom stereocenters. The molecule has 6 N–H and O–H groups in total. The first-order chi connectivity index (χ1) is 43.8. The van der Waals surface area contributed by atoms with E-state index in [0.29, 0.717) is 120 Å². The van der Waals surface area contributed by atoms with Gasteiger partial charge in [-0.2, -0.15) is 4.31 Å². The van der Waals surface area contributed by atoms with Gasteiger partial charge in [-0.3, -0.25) is 9.59 Å². The van der Waals surface area contributed by atoms with Crippen LogP contribution < -0.4 is 45.6 Å². The number of rotatable bonds is 33. The van der Waals surface area contributed by atoms with Crippen molar-refractivity contribution >= 4 is 21.8 Å². The zero-order valence-corrected chi connectivity index (χ0v) is 53.6. The fourth-order valence-electron chi connectivity index (χ4n) is 9.54. The lowest BCUT2D eigenvalue weighted by molar-refractivity contribution is -0.135. The van der Waals surface area contributed by atoms with Crippen LogP contribution in [0, 0.1) is 5.92 Å². The smallest absolute Gasteiger partial charge is 0.243 e. The predicted octanol–water partition coefficient (Wildman–Crippen LogP) is 12.0. The molecule has 0 saturated carbocycles. The number of carbonyl (C=O) groups is 2. The van der Waals surface area contributed by atoms with Crippen LogP contribution >= 0.6 is 0 Å². The minimum Gasteiger partial charge on any atom is -0.493 e. The fourth-order valence-corrected chi connectivity index (χ4v) is 11.0. The van der Waals surface area contributed by atoms with E-state index in [1.807, 2.05) is 187 Å². The summed E-state index contributed by atoms with van der Waals surface area (Å²) in [4.78, 5) is 29.2. The normalized spacial score (nSPS) is 10.9. The van der Waals surface area contributed by atoms with Crippen molar-refractivity contribution in [3.63, 3.8) is 0 Å². The molecule has 0 radical (unpaired) electrons. The summed E-state index contributed by atoms with van der Waals surface area (Å²) in [6.07, 6.45) is 3.57. The Balaban J connectivity index is 0.000000216. The van der Waals surface area contributed by atoms with Gasteiger partial charge in [0.25, 0.3) is 0 Å². The van der Waals surface area contributed by atoms with Gasteiger partial charge in [-0.05, 0) is 126 Å². The Hall–Kier alpha value is -8.71. The Morgan fingerprint density at radius 1 is 0.411 bits per heavy atom. The van der Waals surface area contributed by atoms with Crippen molar-refractivity contribution in [2.45, 2.75) is 90.3 Å². The van der Waals surface area contributed by atoms with E-state index in [2.05, 4.69) is 12.1 Å². The number of sulfonamides is 1. The van der Waals surface area contributed by atoms with Gasteiger partial charge in [-0.25, -0.2) is 8.42 Å². The first kappa shape index (κ1) is 70.4. The highest BCUT2D eigenvalue weighted by atomic mass is 32.2. The standard InChI is InChI=1S/C27H32N2O3.C24H28N2O4S.C22H30N2O3/c1-31-26-19-24(15-16-25(26)32-21-23-11-6-3-7-12-23)20-29(18-17-28)27(30)14-8-13-22-9-4-2-5-10-22;1-29-24-17-21(13-14-23(24)30-19-20-9-4-2-5-10-20)18-26(16-8-15-25)31(27,28)22-11-6-3-7-12-22;1-17(2)22(25)24(13-7-12-23)15-19-10-11-20(21(14-19)26-3)27-16-18-8-5-4-6-9-18/h2-7,9-12,15-16,19H,8,13-14,17-18,20-21,28H2,1H3;2-7,9-14,17H,8,15-16,18-19,25H2,1H3;4-6,8-11,14,17H,7,12-13,15-16,23H2,1-3H3. The fraction of sp³-hybridized carbons (Fsp3) is 0.315. The van der Waals surface area contributed by atoms with Crippen molar-refractivity contribution in [2.75, 3.05) is 60.6 Å². The SMILES string of the molecule is COc1cc(CN(CCCN)C(=O)C(C)C)ccc1OCc1ccccc1.COc1cc(CN(CCCN)S(=O)(=O)c2ccccc2)ccc1OCc1ccccc1.COc1cc(CN(CCN)C(=O)CCCc2ccccc2)ccc1OCc1ccccc1. The maximum Gasteiger partial charge on any atom is 0.243 e. The molecule has 0 saturated heterocycles. The van der Waals surface area contributed by atoms with Crippen LogP contribution in [0.15, 0.2) is 211 Å². The quantitative estimate of drug-likeness (QED) is 0.0350. The van der Waals surface area contributed by atoms with Crippen molar-refractivity contribution in [3.05, 3.63) is 245 Å². The van der Waals surface area contributed by atoms with Crippen LogP contribution in [0.25, 0.3) is 0 Å². The highest BCUT2D eigenvalue weighted by Gasteiger charge is 2.25. The number of hydrogen-bond acceptors (Lipinski definition) is 13.